The maximum atomic E-state index is 5.39. The molecule has 0 aromatic rings. The smallest absolute Gasteiger partial charge is 0.127 e. The number of ether oxygens (including phenoxy) is 1. The molecule has 2 N–H and O–H groups in total. The second-order valence-corrected chi connectivity index (χ2v) is 2.26. The molecule has 50 valence electrons. The van der Waals surface area contributed by atoms with Gasteiger partial charge in [-0.3, -0.25) is 5.84 Å². The average molecular weight is 118 g/mol. The van der Waals surface area contributed by atoms with Gasteiger partial charge in [-0.15, -0.1) is 0 Å². The van der Waals surface area contributed by atoms with Crippen LogP contribution in [-0.2, 0) is 4.74 Å². The second-order valence-electron chi connectivity index (χ2n) is 2.26. The Morgan fingerprint density at radius 1 is 1.50 bits per heavy atom. The predicted molar refractivity (Wildman–Crippen MR) is 33.0 cm³/mol. The lowest BCUT2D eigenvalue weighted by atomic mass is 10.3. The van der Waals surface area contributed by atoms with Crippen LogP contribution in [0.15, 0.2) is 0 Å². The lowest BCUT2D eigenvalue weighted by molar-refractivity contribution is -0.0973. The fourth-order valence-corrected chi connectivity index (χ4v) is 0.144. The quantitative estimate of drug-likeness (QED) is 0.319. The largest absolute Gasteiger partial charge is 0.363 e. The molecule has 0 aliphatic heterocycles. The first-order chi connectivity index (χ1) is 3.50. The van der Waals surface area contributed by atoms with Crippen LogP contribution in [0.25, 0.3) is 0 Å². The van der Waals surface area contributed by atoms with Gasteiger partial charge in [-0.25, -0.2) is 5.01 Å². The van der Waals surface area contributed by atoms with Gasteiger partial charge in [0.1, 0.15) is 5.72 Å². The van der Waals surface area contributed by atoms with Crippen LogP contribution in [0.4, 0.5) is 0 Å². The van der Waals surface area contributed by atoms with E-state index in [0.29, 0.717) is 0 Å². The number of hydrazine groups is 1. The third-order valence-corrected chi connectivity index (χ3v) is 1.35. The highest BCUT2D eigenvalue weighted by Crippen LogP contribution is 2.06. The van der Waals surface area contributed by atoms with Crippen LogP contribution in [-0.4, -0.2) is 24.9 Å². The highest BCUT2D eigenvalue weighted by atomic mass is 16.5. The molecular formula is C5H14N2O. The number of nitrogens with two attached hydrogens (primary N) is 1. The molecule has 0 unspecified atom stereocenters. The van der Waals surface area contributed by atoms with E-state index in [0.717, 1.165) is 0 Å². The van der Waals surface area contributed by atoms with Crippen molar-refractivity contribution in [1.82, 2.24) is 5.01 Å². The van der Waals surface area contributed by atoms with E-state index in [2.05, 4.69) is 0 Å². The third kappa shape index (κ3) is 1.78. The monoisotopic (exact) mass is 118 g/mol. The summed E-state index contributed by atoms with van der Waals surface area (Å²) in [6.45, 7) is 3.79. The highest BCUT2D eigenvalue weighted by molar-refractivity contribution is 4.59. The molecule has 0 aliphatic rings. The maximum absolute atomic E-state index is 5.39. The predicted octanol–water partition coefficient (Wildman–Crippen LogP) is 0.174. The summed E-state index contributed by atoms with van der Waals surface area (Å²) in [5, 5.41) is 1.52. The number of methoxy groups -OCH3 is 1. The van der Waals surface area contributed by atoms with Crippen LogP contribution in [0.3, 0.4) is 0 Å². The van der Waals surface area contributed by atoms with Gasteiger partial charge in [-0.05, 0) is 13.8 Å². The Bertz CT molecular complexity index is 70.8. The molecule has 0 aliphatic carbocycles. The Morgan fingerprint density at radius 2 is 1.88 bits per heavy atom. The van der Waals surface area contributed by atoms with Gasteiger partial charge < -0.3 is 4.74 Å². The zero-order valence-electron chi connectivity index (χ0n) is 5.93. The highest BCUT2D eigenvalue weighted by Gasteiger charge is 2.18. The fourth-order valence-electron chi connectivity index (χ4n) is 0.144. The van der Waals surface area contributed by atoms with Gasteiger partial charge in [0, 0.05) is 14.2 Å². The molecule has 0 amide bonds. The SMILES string of the molecule is COC(C)(C)N(C)N. The summed E-state index contributed by atoms with van der Waals surface area (Å²) < 4.78 is 5.00. The zero-order valence-corrected chi connectivity index (χ0v) is 5.93. The van der Waals surface area contributed by atoms with Gasteiger partial charge in [-0.2, -0.15) is 0 Å². The van der Waals surface area contributed by atoms with E-state index >= 15 is 0 Å². The van der Waals surface area contributed by atoms with Gasteiger partial charge in [-0.1, -0.05) is 0 Å². The topological polar surface area (TPSA) is 38.5 Å². The molecule has 0 radical (unpaired) electrons. The van der Waals surface area contributed by atoms with Crippen LogP contribution in [0.2, 0.25) is 0 Å². The van der Waals surface area contributed by atoms with Crippen molar-refractivity contribution in [2.45, 2.75) is 19.6 Å². The first kappa shape index (κ1) is 7.88. The van der Waals surface area contributed by atoms with Gasteiger partial charge in [0.15, 0.2) is 0 Å². The minimum absolute atomic E-state index is 0.347. The number of hydrogen-bond acceptors (Lipinski definition) is 3. The number of nitrogens with zero attached hydrogens (tertiary/aromatic N) is 1. The van der Waals surface area contributed by atoms with E-state index in [9.17, 15) is 0 Å². The van der Waals surface area contributed by atoms with Crippen molar-refractivity contribution in [2.24, 2.45) is 5.84 Å². The lowest BCUT2D eigenvalue weighted by Gasteiger charge is -2.29. The van der Waals surface area contributed by atoms with Crippen LogP contribution < -0.4 is 5.84 Å². The summed E-state index contributed by atoms with van der Waals surface area (Å²) in [7, 11) is 3.40. The molecule has 0 spiro atoms. The summed E-state index contributed by atoms with van der Waals surface area (Å²) in [6.07, 6.45) is 0. The number of rotatable bonds is 2. The first-order valence-corrected chi connectivity index (χ1v) is 2.54. The maximum Gasteiger partial charge on any atom is 0.127 e. The third-order valence-electron chi connectivity index (χ3n) is 1.35. The molecule has 0 aromatic carbocycles. The van der Waals surface area contributed by atoms with Gasteiger partial charge >= 0.3 is 0 Å². The zero-order chi connectivity index (χ0) is 6.78. The Labute approximate surface area is 50.4 Å². The molecular weight excluding hydrogens is 104 g/mol. The molecule has 3 heteroatoms. The molecule has 0 atom stereocenters. The van der Waals surface area contributed by atoms with Crippen molar-refractivity contribution in [2.75, 3.05) is 14.2 Å². The molecule has 0 heterocycles. The summed E-state index contributed by atoms with van der Waals surface area (Å²) in [5.41, 5.74) is -0.347. The molecule has 0 bridgehead atoms. The van der Waals surface area contributed by atoms with Crippen molar-refractivity contribution in [1.29, 1.82) is 0 Å². The van der Waals surface area contributed by atoms with E-state index < -0.39 is 0 Å². The van der Waals surface area contributed by atoms with Crippen LogP contribution in [0, 0.1) is 0 Å². The van der Waals surface area contributed by atoms with Gasteiger partial charge in [0.2, 0.25) is 0 Å². The number of hydrogen-bond donors (Lipinski definition) is 1. The van der Waals surface area contributed by atoms with Crippen molar-refractivity contribution in [3.63, 3.8) is 0 Å². The van der Waals surface area contributed by atoms with E-state index in [1.807, 2.05) is 13.8 Å². The molecule has 0 aromatic heterocycles. The van der Waals surface area contributed by atoms with E-state index in [4.69, 9.17) is 10.6 Å². The van der Waals surface area contributed by atoms with E-state index in [-0.39, 0.29) is 5.72 Å². The summed E-state index contributed by atoms with van der Waals surface area (Å²) in [4.78, 5) is 0. The van der Waals surface area contributed by atoms with E-state index in [1.165, 1.54) is 5.01 Å². The molecule has 0 saturated carbocycles. The second kappa shape index (κ2) is 2.44. The standard InChI is InChI=1S/C5H14N2O/c1-5(2,8-4)7(3)6/h6H2,1-4H3. The Hall–Kier alpha value is -0.120. The fraction of sp³-hybridized carbons (Fsp3) is 1.00. The van der Waals surface area contributed by atoms with E-state index in [1.54, 1.807) is 14.2 Å². The van der Waals surface area contributed by atoms with Crippen LogP contribution >= 0.6 is 0 Å². The van der Waals surface area contributed by atoms with Crippen LogP contribution in [0.5, 0.6) is 0 Å². The van der Waals surface area contributed by atoms with Crippen LogP contribution in [0.1, 0.15) is 13.8 Å². The lowest BCUT2D eigenvalue weighted by Crippen LogP contribution is -2.47. The average Bonchev–Trinajstić information content (AvgIpc) is 1.67. The van der Waals surface area contributed by atoms with Gasteiger partial charge in [0.05, 0.1) is 0 Å². The van der Waals surface area contributed by atoms with Crippen molar-refractivity contribution in [3.8, 4) is 0 Å². The summed E-state index contributed by atoms with van der Waals surface area (Å²) >= 11 is 0. The molecule has 0 fully saturated rings. The Morgan fingerprint density at radius 3 is 1.88 bits per heavy atom. The molecule has 0 rings (SSSR count). The van der Waals surface area contributed by atoms with Crippen molar-refractivity contribution >= 4 is 0 Å². The summed E-state index contributed by atoms with van der Waals surface area (Å²) in [6, 6.07) is 0. The normalized spacial score (nSPS) is 12.8. The Balaban J connectivity index is 3.71. The molecule has 0 saturated heterocycles. The molecule has 3 nitrogen and oxygen atoms in total. The van der Waals surface area contributed by atoms with Gasteiger partial charge in [0.25, 0.3) is 0 Å². The minimum Gasteiger partial charge on any atom is -0.363 e. The molecule has 8 heavy (non-hydrogen) atoms. The van der Waals surface area contributed by atoms with Crippen molar-refractivity contribution < 1.29 is 4.74 Å². The van der Waals surface area contributed by atoms with Crippen molar-refractivity contribution in [3.05, 3.63) is 0 Å². The summed E-state index contributed by atoms with van der Waals surface area (Å²) in [5.74, 6) is 5.39. The Kier molecular flexibility index (Phi) is 2.40. The first-order valence-electron chi connectivity index (χ1n) is 2.54. The minimum atomic E-state index is -0.347.